The first kappa shape index (κ1) is 15.7. The van der Waals surface area contributed by atoms with Crippen molar-refractivity contribution in [1.29, 1.82) is 0 Å². The molecule has 1 atom stereocenters. The average Bonchev–Trinajstić information content (AvgIpc) is 2.49. The fraction of sp³-hybridized carbons (Fsp3) is 0.368. The molecule has 0 saturated carbocycles. The Hall–Kier alpha value is -1.67. The predicted molar refractivity (Wildman–Crippen MR) is 87.0 cm³/mol. The minimum Gasteiger partial charge on any atom is -0.317 e. The molecule has 0 aliphatic rings. The molecule has 0 amide bonds. The van der Waals surface area contributed by atoms with Gasteiger partial charge in [-0.25, -0.2) is 4.39 Å². The van der Waals surface area contributed by atoms with Gasteiger partial charge < -0.3 is 5.32 Å². The van der Waals surface area contributed by atoms with Gasteiger partial charge in [0.15, 0.2) is 0 Å². The highest BCUT2D eigenvalue weighted by atomic mass is 19.1. The number of aryl methyl sites for hydroxylation is 1. The Bertz CT molecular complexity index is 548. The standard InChI is InChI=1S/C19H24FN/c1-3-21-14-17(12-16-8-10-19(20)11-9-16)13-18-7-5-4-6-15(18)2/h4-11,17,21H,3,12-14H2,1-2H3. The van der Waals surface area contributed by atoms with Crippen LogP contribution in [-0.2, 0) is 12.8 Å². The molecular weight excluding hydrogens is 261 g/mol. The molecule has 112 valence electrons. The number of halogens is 1. The maximum atomic E-state index is 13.0. The Morgan fingerprint density at radius 3 is 2.38 bits per heavy atom. The first-order chi connectivity index (χ1) is 10.2. The van der Waals surface area contributed by atoms with E-state index in [9.17, 15) is 4.39 Å². The van der Waals surface area contributed by atoms with E-state index >= 15 is 0 Å². The van der Waals surface area contributed by atoms with E-state index in [2.05, 4.69) is 43.4 Å². The van der Waals surface area contributed by atoms with Crippen molar-refractivity contribution in [3.05, 3.63) is 71.0 Å². The third-order valence-electron chi connectivity index (χ3n) is 3.89. The van der Waals surface area contributed by atoms with E-state index in [0.717, 1.165) is 25.9 Å². The summed E-state index contributed by atoms with van der Waals surface area (Å²) < 4.78 is 13.0. The predicted octanol–water partition coefficient (Wildman–Crippen LogP) is 4.15. The van der Waals surface area contributed by atoms with Gasteiger partial charge in [0.1, 0.15) is 5.82 Å². The second-order valence-corrected chi connectivity index (χ2v) is 5.63. The number of hydrogen-bond acceptors (Lipinski definition) is 1. The molecular formula is C19H24FN. The molecule has 1 nitrogen and oxygen atoms in total. The summed E-state index contributed by atoms with van der Waals surface area (Å²) in [7, 11) is 0. The zero-order valence-electron chi connectivity index (χ0n) is 12.9. The van der Waals surface area contributed by atoms with Crippen LogP contribution in [0.1, 0.15) is 23.6 Å². The molecule has 0 aromatic heterocycles. The van der Waals surface area contributed by atoms with Crippen molar-refractivity contribution in [2.75, 3.05) is 13.1 Å². The molecule has 0 saturated heterocycles. The van der Waals surface area contributed by atoms with E-state index in [1.54, 1.807) is 12.1 Å². The molecule has 1 N–H and O–H groups in total. The second kappa shape index (κ2) is 7.94. The van der Waals surface area contributed by atoms with Gasteiger partial charge in [-0.15, -0.1) is 0 Å². The van der Waals surface area contributed by atoms with Crippen LogP contribution in [0.5, 0.6) is 0 Å². The lowest BCUT2D eigenvalue weighted by Gasteiger charge is -2.19. The lowest BCUT2D eigenvalue weighted by atomic mass is 9.90. The van der Waals surface area contributed by atoms with Crippen LogP contribution in [0.25, 0.3) is 0 Å². The minimum atomic E-state index is -0.166. The normalized spacial score (nSPS) is 12.3. The molecule has 0 bridgehead atoms. The van der Waals surface area contributed by atoms with Gasteiger partial charge >= 0.3 is 0 Å². The summed E-state index contributed by atoms with van der Waals surface area (Å²) in [5, 5.41) is 3.45. The summed E-state index contributed by atoms with van der Waals surface area (Å²) in [6.45, 7) is 6.26. The molecule has 2 rings (SSSR count). The quantitative estimate of drug-likeness (QED) is 0.806. The molecule has 21 heavy (non-hydrogen) atoms. The lowest BCUT2D eigenvalue weighted by molar-refractivity contribution is 0.477. The van der Waals surface area contributed by atoms with Crippen molar-refractivity contribution in [3.63, 3.8) is 0 Å². The van der Waals surface area contributed by atoms with Crippen LogP contribution in [0.4, 0.5) is 4.39 Å². The van der Waals surface area contributed by atoms with Crippen molar-refractivity contribution in [3.8, 4) is 0 Å². The molecule has 0 heterocycles. The average molecular weight is 285 g/mol. The fourth-order valence-electron chi connectivity index (χ4n) is 2.67. The molecule has 0 fully saturated rings. The Morgan fingerprint density at radius 2 is 1.71 bits per heavy atom. The molecule has 1 unspecified atom stereocenters. The van der Waals surface area contributed by atoms with Gasteiger partial charge in [0.25, 0.3) is 0 Å². The largest absolute Gasteiger partial charge is 0.317 e. The van der Waals surface area contributed by atoms with Crippen LogP contribution in [0.3, 0.4) is 0 Å². The Morgan fingerprint density at radius 1 is 1.00 bits per heavy atom. The summed E-state index contributed by atoms with van der Waals surface area (Å²) in [6, 6.07) is 15.4. The molecule has 0 spiro atoms. The Kier molecular flexibility index (Phi) is 5.94. The topological polar surface area (TPSA) is 12.0 Å². The van der Waals surface area contributed by atoms with Crippen molar-refractivity contribution in [2.24, 2.45) is 5.92 Å². The molecule has 0 radical (unpaired) electrons. The molecule has 2 heteroatoms. The smallest absolute Gasteiger partial charge is 0.123 e. The van der Waals surface area contributed by atoms with Crippen LogP contribution in [-0.4, -0.2) is 13.1 Å². The molecule has 2 aromatic carbocycles. The van der Waals surface area contributed by atoms with E-state index in [1.807, 2.05) is 12.1 Å². The lowest BCUT2D eigenvalue weighted by Crippen LogP contribution is -2.26. The summed E-state index contributed by atoms with van der Waals surface area (Å²) in [4.78, 5) is 0. The monoisotopic (exact) mass is 285 g/mol. The zero-order valence-corrected chi connectivity index (χ0v) is 12.9. The first-order valence-corrected chi connectivity index (χ1v) is 7.68. The number of nitrogens with one attached hydrogen (secondary N) is 1. The van der Waals surface area contributed by atoms with Crippen LogP contribution < -0.4 is 5.32 Å². The molecule has 0 aliphatic carbocycles. The Balaban J connectivity index is 2.07. The second-order valence-electron chi connectivity index (χ2n) is 5.63. The van der Waals surface area contributed by atoms with Crippen molar-refractivity contribution >= 4 is 0 Å². The van der Waals surface area contributed by atoms with Crippen LogP contribution >= 0.6 is 0 Å². The first-order valence-electron chi connectivity index (χ1n) is 7.68. The number of benzene rings is 2. The van der Waals surface area contributed by atoms with Crippen LogP contribution in [0.2, 0.25) is 0 Å². The van der Waals surface area contributed by atoms with Gasteiger partial charge in [-0.05, 0) is 67.6 Å². The van der Waals surface area contributed by atoms with Crippen LogP contribution in [0, 0.1) is 18.7 Å². The summed E-state index contributed by atoms with van der Waals surface area (Å²) in [6.07, 6.45) is 2.03. The molecule has 0 aliphatic heterocycles. The van der Waals surface area contributed by atoms with Crippen molar-refractivity contribution in [2.45, 2.75) is 26.7 Å². The SMILES string of the molecule is CCNCC(Cc1ccc(F)cc1)Cc1ccccc1C. The van der Waals surface area contributed by atoms with Gasteiger partial charge in [-0.2, -0.15) is 0 Å². The van der Waals surface area contributed by atoms with E-state index in [1.165, 1.54) is 16.7 Å². The molecule has 2 aromatic rings. The third-order valence-corrected chi connectivity index (χ3v) is 3.89. The van der Waals surface area contributed by atoms with Gasteiger partial charge in [-0.1, -0.05) is 43.3 Å². The number of rotatable bonds is 7. The van der Waals surface area contributed by atoms with Gasteiger partial charge in [0.05, 0.1) is 0 Å². The van der Waals surface area contributed by atoms with Gasteiger partial charge in [-0.3, -0.25) is 0 Å². The van der Waals surface area contributed by atoms with E-state index in [4.69, 9.17) is 0 Å². The fourth-order valence-corrected chi connectivity index (χ4v) is 2.67. The van der Waals surface area contributed by atoms with Gasteiger partial charge in [0, 0.05) is 0 Å². The van der Waals surface area contributed by atoms with Crippen LogP contribution in [0.15, 0.2) is 48.5 Å². The summed E-state index contributed by atoms with van der Waals surface area (Å²) in [5.41, 5.74) is 3.95. The van der Waals surface area contributed by atoms with E-state index in [0.29, 0.717) is 5.92 Å². The maximum Gasteiger partial charge on any atom is 0.123 e. The maximum absolute atomic E-state index is 13.0. The summed E-state index contributed by atoms with van der Waals surface area (Å²) in [5.74, 6) is 0.359. The Labute approximate surface area is 127 Å². The summed E-state index contributed by atoms with van der Waals surface area (Å²) >= 11 is 0. The van der Waals surface area contributed by atoms with E-state index < -0.39 is 0 Å². The highest BCUT2D eigenvalue weighted by molar-refractivity contribution is 5.26. The van der Waals surface area contributed by atoms with Crippen molar-refractivity contribution < 1.29 is 4.39 Å². The van der Waals surface area contributed by atoms with E-state index in [-0.39, 0.29) is 5.82 Å². The highest BCUT2D eigenvalue weighted by Gasteiger charge is 2.12. The highest BCUT2D eigenvalue weighted by Crippen LogP contribution is 2.17. The van der Waals surface area contributed by atoms with Crippen molar-refractivity contribution in [1.82, 2.24) is 5.32 Å². The number of hydrogen-bond donors (Lipinski definition) is 1. The zero-order chi connectivity index (χ0) is 15.1. The third kappa shape index (κ3) is 4.98. The van der Waals surface area contributed by atoms with Gasteiger partial charge in [0.2, 0.25) is 0 Å². The minimum absolute atomic E-state index is 0.166.